The van der Waals surface area contributed by atoms with Crippen molar-refractivity contribution in [1.29, 1.82) is 0 Å². The Hall–Kier alpha value is -0.260. The van der Waals surface area contributed by atoms with E-state index in [1.54, 1.807) is 0 Å². The van der Waals surface area contributed by atoms with Crippen molar-refractivity contribution in [3.05, 3.63) is 12.2 Å². The third-order valence-electron chi connectivity index (χ3n) is 3.00. The van der Waals surface area contributed by atoms with Crippen molar-refractivity contribution >= 4 is 0 Å². The van der Waals surface area contributed by atoms with Gasteiger partial charge in [-0.2, -0.15) is 0 Å². The van der Waals surface area contributed by atoms with Gasteiger partial charge in [0.15, 0.2) is 0 Å². The molecule has 0 heteroatoms. The highest BCUT2D eigenvalue weighted by Crippen LogP contribution is 2.59. The van der Waals surface area contributed by atoms with Crippen LogP contribution in [0.15, 0.2) is 12.2 Å². The summed E-state index contributed by atoms with van der Waals surface area (Å²) < 4.78 is 0. The van der Waals surface area contributed by atoms with E-state index in [2.05, 4.69) is 27.4 Å². The minimum atomic E-state index is 0.564. The zero-order valence-corrected chi connectivity index (χ0v) is 7.41. The van der Waals surface area contributed by atoms with Gasteiger partial charge in [-0.15, -0.1) is 0 Å². The molecule has 0 spiro atoms. The molecule has 0 heterocycles. The van der Waals surface area contributed by atoms with Gasteiger partial charge in [0.25, 0.3) is 0 Å². The molecule has 58 valence electrons. The average Bonchev–Trinajstić information content (AvgIpc) is 2.44. The lowest BCUT2D eigenvalue weighted by Gasteiger charge is -2.14. The Kier molecular flexibility index (Phi) is 1.89. The molecule has 1 fully saturated rings. The lowest BCUT2D eigenvalue weighted by atomic mass is 9.91. The van der Waals surface area contributed by atoms with Crippen molar-refractivity contribution in [3.8, 4) is 0 Å². The van der Waals surface area contributed by atoms with Crippen LogP contribution in [-0.2, 0) is 0 Å². The molecule has 1 aliphatic carbocycles. The van der Waals surface area contributed by atoms with Gasteiger partial charge >= 0.3 is 0 Å². The van der Waals surface area contributed by atoms with E-state index < -0.39 is 0 Å². The SMILES string of the molecule is C=C(C)C1(CCC)CC1C. The van der Waals surface area contributed by atoms with E-state index >= 15 is 0 Å². The van der Waals surface area contributed by atoms with Crippen LogP contribution in [0.25, 0.3) is 0 Å². The van der Waals surface area contributed by atoms with Crippen molar-refractivity contribution in [2.24, 2.45) is 11.3 Å². The predicted molar refractivity (Wildman–Crippen MR) is 45.9 cm³/mol. The van der Waals surface area contributed by atoms with Crippen LogP contribution < -0.4 is 0 Å². The molecule has 0 bridgehead atoms. The van der Waals surface area contributed by atoms with Crippen molar-refractivity contribution in [2.75, 3.05) is 0 Å². The molecule has 0 nitrogen and oxygen atoms in total. The number of rotatable bonds is 3. The molecule has 2 atom stereocenters. The minimum Gasteiger partial charge on any atom is -0.0996 e. The number of allylic oxidation sites excluding steroid dienone is 1. The van der Waals surface area contributed by atoms with Crippen LogP contribution in [0.1, 0.15) is 40.0 Å². The van der Waals surface area contributed by atoms with Crippen LogP contribution in [0.4, 0.5) is 0 Å². The third-order valence-corrected chi connectivity index (χ3v) is 3.00. The van der Waals surface area contributed by atoms with E-state index in [-0.39, 0.29) is 0 Å². The second-order valence-corrected chi connectivity index (χ2v) is 3.79. The highest BCUT2D eigenvalue weighted by Gasteiger charge is 2.50. The third kappa shape index (κ3) is 1.00. The lowest BCUT2D eigenvalue weighted by Crippen LogP contribution is -2.02. The fraction of sp³-hybridized carbons (Fsp3) is 0.800. The van der Waals surface area contributed by atoms with E-state index in [1.807, 2.05) is 0 Å². The highest BCUT2D eigenvalue weighted by atomic mass is 14.5. The summed E-state index contributed by atoms with van der Waals surface area (Å²) in [7, 11) is 0. The second kappa shape index (κ2) is 2.41. The van der Waals surface area contributed by atoms with Gasteiger partial charge in [-0.25, -0.2) is 0 Å². The van der Waals surface area contributed by atoms with Crippen LogP contribution in [-0.4, -0.2) is 0 Å². The molecule has 0 aliphatic heterocycles. The number of hydrogen-bond acceptors (Lipinski definition) is 0. The Labute approximate surface area is 64.3 Å². The zero-order chi connectivity index (χ0) is 7.78. The first-order valence-corrected chi connectivity index (χ1v) is 4.29. The zero-order valence-electron chi connectivity index (χ0n) is 7.41. The van der Waals surface area contributed by atoms with Crippen molar-refractivity contribution in [3.63, 3.8) is 0 Å². The first-order chi connectivity index (χ1) is 4.63. The molecule has 1 rings (SSSR count). The molecule has 0 N–H and O–H groups in total. The van der Waals surface area contributed by atoms with Crippen molar-refractivity contribution < 1.29 is 0 Å². The number of hydrogen-bond donors (Lipinski definition) is 0. The van der Waals surface area contributed by atoms with Gasteiger partial charge in [-0.3, -0.25) is 0 Å². The van der Waals surface area contributed by atoms with Gasteiger partial charge in [0, 0.05) is 0 Å². The van der Waals surface area contributed by atoms with Crippen molar-refractivity contribution in [2.45, 2.75) is 40.0 Å². The summed E-state index contributed by atoms with van der Waals surface area (Å²) in [5, 5.41) is 0. The van der Waals surface area contributed by atoms with Crippen LogP contribution >= 0.6 is 0 Å². The average molecular weight is 138 g/mol. The first kappa shape index (κ1) is 7.84. The van der Waals surface area contributed by atoms with Crippen LogP contribution in [0.2, 0.25) is 0 Å². The normalized spacial score (nSPS) is 37.7. The second-order valence-electron chi connectivity index (χ2n) is 3.79. The minimum absolute atomic E-state index is 0.564. The van der Waals surface area contributed by atoms with E-state index in [0.29, 0.717) is 5.41 Å². The maximum absolute atomic E-state index is 4.06. The van der Waals surface area contributed by atoms with Gasteiger partial charge in [0.05, 0.1) is 0 Å². The molecule has 0 aromatic carbocycles. The molecule has 0 amide bonds. The Morgan fingerprint density at radius 1 is 1.70 bits per heavy atom. The molecule has 1 aliphatic rings. The summed E-state index contributed by atoms with van der Waals surface area (Å²) in [6.45, 7) is 10.8. The summed E-state index contributed by atoms with van der Waals surface area (Å²) >= 11 is 0. The topological polar surface area (TPSA) is 0 Å². The fourth-order valence-corrected chi connectivity index (χ4v) is 2.09. The van der Waals surface area contributed by atoms with Crippen LogP contribution in [0, 0.1) is 11.3 Å². The molecule has 0 saturated heterocycles. The summed E-state index contributed by atoms with van der Waals surface area (Å²) in [5.41, 5.74) is 1.97. The smallest absolute Gasteiger partial charge is 0.00649 e. The molecule has 0 radical (unpaired) electrons. The molecule has 0 aromatic heterocycles. The van der Waals surface area contributed by atoms with Gasteiger partial charge < -0.3 is 0 Å². The summed E-state index contributed by atoms with van der Waals surface area (Å²) in [6, 6.07) is 0. The molecule has 2 unspecified atom stereocenters. The Bertz CT molecular complexity index is 146. The largest absolute Gasteiger partial charge is 0.0996 e. The summed E-state index contributed by atoms with van der Waals surface area (Å²) in [5.74, 6) is 0.907. The summed E-state index contributed by atoms with van der Waals surface area (Å²) in [6.07, 6.45) is 4.04. The van der Waals surface area contributed by atoms with E-state index in [4.69, 9.17) is 0 Å². The predicted octanol–water partition coefficient (Wildman–Crippen LogP) is 3.39. The molecule has 1 saturated carbocycles. The van der Waals surface area contributed by atoms with Gasteiger partial charge in [0.2, 0.25) is 0 Å². The lowest BCUT2D eigenvalue weighted by molar-refractivity contribution is 0.498. The maximum Gasteiger partial charge on any atom is -0.00649 e. The standard InChI is InChI=1S/C10H18/c1-5-6-10(8(2)3)7-9(10)4/h9H,2,5-7H2,1,3-4H3. The highest BCUT2D eigenvalue weighted by molar-refractivity contribution is 5.19. The van der Waals surface area contributed by atoms with E-state index in [9.17, 15) is 0 Å². The Morgan fingerprint density at radius 3 is 2.30 bits per heavy atom. The maximum atomic E-state index is 4.06. The Morgan fingerprint density at radius 2 is 2.20 bits per heavy atom. The summed E-state index contributed by atoms with van der Waals surface area (Å²) in [4.78, 5) is 0. The quantitative estimate of drug-likeness (QED) is 0.524. The van der Waals surface area contributed by atoms with Crippen LogP contribution in [0.5, 0.6) is 0 Å². The first-order valence-electron chi connectivity index (χ1n) is 4.29. The fourth-order valence-electron chi connectivity index (χ4n) is 2.09. The Balaban J connectivity index is 2.55. The van der Waals surface area contributed by atoms with E-state index in [0.717, 1.165) is 5.92 Å². The van der Waals surface area contributed by atoms with Gasteiger partial charge in [-0.1, -0.05) is 32.4 Å². The molecular formula is C10H18. The van der Waals surface area contributed by atoms with E-state index in [1.165, 1.54) is 24.8 Å². The van der Waals surface area contributed by atoms with Crippen LogP contribution in [0.3, 0.4) is 0 Å². The molecule has 0 aromatic rings. The molecular weight excluding hydrogens is 120 g/mol. The monoisotopic (exact) mass is 138 g/mol. The van der Waals surface area contributed by atoms with Crippen molar-refractivity contribution in [1.82, 2.24) is 0 Å². The molecule has 10 heavy (non-hydrogen) atoms. The van der Waals surface area contributed by atoms with Gasteiger partial charge in [-0.05, 0) is 31.1 Å². The van der Waals surface area contributed by atoms with Gasteiger partial charge in [0.1, 0.15) is 0 Å².